The monoisotopic (exact) mass is 205 g/mol. The van der Waals surface area contributed by atoms with Crippen molar-refractivity contribution >= 4 is 16.9 Å². The second-order valence-electron chi connectivity index (χ2n) is 3.46. The van der Waals surface area contributed by atoms with Gasteiger partial charge in [-0.05, 0) is 30.7 Å². The number of H-pyrrole nitrogens is 1. The van der Waals surface area contributed by atoms with E-state index >= 15 is 0 Å². The van der Waals surface area contributed by atoms with E-state index in [0.717, 1.165) is 16.6 Å². The first kappa shape index (κ1) is 9.58. The highest BCUT2D eigenvalue weighted by Gasteiger charge is 2.03. The fourth-order valence-electron chi connectivity index (χ4n) is 1.56. The van der Waals surface area contributed by atoms with Crippen molar-refractivity contribution in [2.45, 2.75) is 12.8 Å². The molecule has 0 aliphatic rings. The summed E-state index contributed by atoms with van der Waals surface area (Å²) in [7, 11) is 0. The number of benzene rings is 1. The molecule has 0 saturated carbocycles. The fraction of sp³-hybridized carbons (Fsp3) is 0.182. The van der Waals surface area contributed by atoms with Gasteiger partial charge in [0.15, 0.2) is 0 Å². The van der Waals surface area contributed by atoms with Gasteiger partial charge in [-0.25, -0.2) is 0 Å². The van der Waals surface area contributed by atoms with Crippen LogP contribution in [0.1, 0.15) is 12.1 Å². The SMILES string of the molecule is O=C(O)CCc1cc2cc(O)ccc2[nH]1. The molecule has 0 radical (unpaired) electrons. The molecule has 0 saturated heterocycles. The van der Waals surface area contributed by atoms with Gasteiger partial charge in [0.05, 0.1) is 6.42 Å². The summed E-state index contributed by atoms with van der Waals surface area (Å²) in [6.45, 7) is 0. The molecule has 15 heavy (non-hydrogen) atoms. The number of phenolic OH excluding ortho intramolecular Hbond substituents is 1. The van der Waals surface area contributed by atoms with E-state index < -0.39 is 5.97 Å². The van der Waals surface area contributed by atoms with Gasteiger partial charge in [0.25, 0.3) is 0 Å². The zero-order valence-corrected chi connectivity index (χ0v) is 8.03. The van der Waals surface area contributed by atoms with Crippen molar-refractivity contribution in [3.8, 4) is 5.75 Å². The number of carboxylic acids is 1. The number of nitrogens with one attached hydrogen (secondary N) is 1. The lowest BCUT2D eigenvalue weighted by Crippen LogP contribution is -1.97. The molecule has 3 N–H and O–H groups in total. The minimum Gasteiger partial charge on any atom is -0.508 e. The smallest absolute Gasteiger partial charge is 0.303 e. The number of carbonyl (C=O) groups is 1. The highest BCUT2D eigenvalue weighted by molar-refractivity contribution is 5.82. The molecule has 2 aromatic rings. The van der Waals surface area contributed by atoms with Crippen LogP contribution in [0.4, 0.5) is 0 Å². The molecule has 78 valence electrons. The lowest BCUT2D eigenvalue weighted by atomic mass is 10.2. The summed E-state index contributed by atoms with van der Waals surface area (Å²) in [5.74, 6) is -0.595. The van der Waals surface area contributed by atoms with Gasteiger partial charge in [0.1, 0.15) is 5.75 Å². The van der Waals surface area contributed by atoms with Crippen LogP contribution < -0.4 is 0 Å². The predicted octanol–water partition coefficient (Wildman–Crippen LogP) is 1.89. The average Bonchev–Trinajstić information content (AvgIpc) is 2.56. The van der Waals surface area contributed by atoms with Crippen molar-refractivity contribution in [2.75, 3.05) is 0 Å². The molecule has 0 amide bonds. The Balaban J connectivity index is 2.27. The van der Waals surface area contributed by atoms with Crippen molar-refractivity contribution in [2.24, 2.45) is 0 Å². The van der Waals surface area contributed by atoms with Gasteiger partial charge in [-0.1, -0.05) is 0 Å². The molecule has 4 heteroatoms. The number of aromatic hydroxyl groups is 1. The summed E-state index contributed by atoms with van der Waals surface area (Å²) in [6, 6.07) is 6.88. The van der Waals surface area contributed by atoms with Gasteiger partial charge in [0, 0.05) is 16.6 Å². The number of aliphatic carboxylic acids is 1. The van der Waals surface area contributed by atoms with Gasteiger partial charge in [0.2, 0.25) is 0 Å². The van der Waals surface area contributed by atoms with E-state index in [1.807, 2.05) is 6.07 Å². The van der Waals surface area contributed by atoms with E-state index in [-0.39, 0.29) is 12.2 Å². The topological polar surface area (TPSA) is 73.3 Å². The number of aryl methyl sites for hydroxylation is 1. The van der Waals surface area contributed by atoms with E-state index in [0.29, 0.717) is 6.42 Å². The molecular formula is C11H11NO3. The number of rotatable bonds is 3. The fourth-order valence-corrected chi connectivity index (χ4v) is 1.56. The Kier molecular flexibility index (Phi) is 2.33. The number of aromatic amines is 1. The molecule has 1 aromatic carbocycles. The van der Waals surface area contributed by atoms with Crippen LogP contribution in [0.15, 0.2) is 24.3 Å². The molecule has 0 atom stereocenters. The van der Waals surface area contributed by atoms with Crippen LogP contribution in [-0.2, 0) is 11.2 Å². The standard InChI is InChI=1S/C11H11NO3/c13-9-2-3-10-7(6-9)5-8(12-10)1-4-11(14)15/h2-3,5-6,12-13H,1,4H2,(H,14,15). The van der Waals surface area contributed by atoms with Crippen LogP contribution in [0.25, 0.3) is 10.9 Å². The highest BCUT2D eigenvalue weighted by atomic mass is 16.4. The lowest BCUT2D eigenvalue weighted by Gasteiger charge is -1.91. The molecule has 1 heterocycles. The van der Waals surface area contributed by atoms with Crippen LogP contribution in [0.2, 0.25) is 0 Å². The number of hydrogen-bond donors (Lipinski definition) is 3. The Morgan fingerprint density at radius 2 is 2.13 bits per heavy atom. The third-order valence-corrected chi connectivity index (χ3v) is 2.27. The minimum absolute atomic E-state index is 0.110. The molecule has 0 spiro atoms. The molecule has 0 aliphatic heterocycles. The van der Waals surface area contributed by atoms with E-state index in [4.69, 9.17) is 5.11 Å². The lowest BCUT2D eigenvalue weighted by molar-refractivity contribution is -0.136. The summed E-state index contributed by atoms with van der Waals surface area (Å²) < 4.78 is 0. The third-order valence-electron chi connectivity index (χ3n) is 2.27. The van der Waals surface area contributed by atoms with Gasteiger partial charge in [-0.2, -0.15) is 0 Å². The van der Waals surface area contributed by atoms with E-state index in [1.165, 1.54) is 0 Å². The normalized spacial score (nSPS) is 10.7. The van der Waals surface area contributed by atoms with Crippen LogP contribution in [0.5, 0.6) is 5.75 Å². The molecule has 4 nitrogen and oxygen atoms in total. The van der Waals surface area contributed by atoms with Crippen molar-refractivity contribution in [1.29, 1.82) is 0 Å². The van der Waals surface area contributed by atoms with Crippen molar-refractivity contribution in [3.63, 3.8) is 0 Å². The Morgan fingerprint density at radius 3 is 2.87 bits per heavy atom. The van der Waals surface area contributed by atoms with Crippen molar-refractivity contribution < 1.29 is 15.0 Å². The van der Waals surface area contributed by atoms with Gasteiger partial charge in [-0.15, -0.1) is 0 Å². The molecule has 0 bridgehead atoms. The van der Waals surface area contributed by atoms with E-state index in [1.54, 1.807) is 18.2 Å². The van der Waals surface area contributed by atoms with Crippen LogP contribution in [-0.4, -0.2) is 21.2 Å². The molecule has 0 fully saturated rings. The average molecular weight is 205 g/mol. The Labute approximate surface area is 86.2 Å². The van der Waals surface area contributed by atoms with Gasteiger partial charge >= 0.3 is 5.97 Å². The third kappa shape index (κ3) is 2.10. The largest absolute Gasteiger partial charge is 0.508 e. The van der Waals surface area contributed by atoms with Gasteiger partial charge < -0.3 is 15.2 Å². The Hall–Kier alpha value is -1.97. The molecule has 2 rings (SSSR count). The van der Waals surface area contributed by atoms with E-state index in [2.05, 4.69) is 4.98 Å². The zero-order valence-electron chi connectivity index (χ0n) is 8.03. The number of hydrogen-bond acceptors (Lipinski definition) is 2. The summed E-state index contributed by atoms with van der Waals surface area (Å²) in [5, 5.41) is 18.7. The first-order valence-electron chi connectivity index (χ1n) is 4.67. The highest BCUT2D eigenvalue weighted by Crippen LogP contribution is 2.21. The minimum atomic E-state index is -0.809. The summed E-state index contributed by atoms with van der Waals surface area (Å²) in [5.41, 5.74) is 1.78. The van der Waals surface area contributed by atoms with Crippen LogP contribution >= 0.6 is 0 Å². The maximum absolute atomic E-state index is 10.4. The quantitative estimate of drug-likeness (QED) is 0.716. The van der Waals surface area contributed by atoms with Crippen LogP contribution in [0, 0.1) is 0 Å². The molecule has 0 unspecified atom stereocenters. The Morgan fingerprint density at radius 1 is 1.33 bits per heavy atom. The number of aromatic nitrogens is 1. The van der Waals surface area contributed by atoms with Gasteiger partial charge in [-0.3, -0.25) is 4.79 Å². The Bertz CT molecular complexity index is 502. The molecular weight excluding hydrogens is 194 g/mol. The summed E-state index contributed by atoms with van der Waals surface area (Å²) >= 11 is 0. The predicted molar refractivity (Wildman–Crippen MR) is 55.9 cm³/mol. The summed E-state index contributed by atoms with van der Waals surface area (Å²) in [6.07, 6.45) is 0.587. The number of carboxylic acid groups (broad SMARTS) is 1. The van der Waals surface area contributed by atoms with Crippen molar-refractivity contribution in [1.82, 2.24) is 4.98 Å². The zero-order chi connectivity index (χ0) is 10.8. The van der Waals surface area contributed by atoms with Crippen LogP contribution in [0.3, 0.4) is 0 Å². The number of phenols is 1. The summed E-state index contributed by atoms with van der Waals surface area (Å²) in [4.78, 5) is 13.5. The number of fused-ring (bicyclic) bond motifs is 1. The molecule has 0 aliphatic carbocycles. The maximum atomic E-state index is 10.4. The van der Waals surface area contributed by atoms with Crippen molar-refractivity contribution in [3.05, 3.63) is 30.0 Å². The second-order valence-corrected chi connectivity index (χ2v) is 3.46. The first-order chi connectivity index (χ1) is 7.15. The maximum Gasteiger partial charge on any atom is 0.303 e. The second kappa shape index (κ2) is 3.65. The first-order valence-corrected chi connectivity index (χ1v) is 4.67. The van der Waals surface area contributed by atoms with E-state index in [9.17, 15) is 9.90 Å². The molecule has 1 aromatic heterocycles.